The molecule has 1 saturated carbocycles. The molecule has 3 rings (SSSR count). The number of hydrogen-bond acceptors (Lipinski definition) is 2. The molecule has 1 aliphatic carbocycles. The van der Waals surface area contributed by atoms with Crippen LogP contribution in [0.3, 0.4) is 0 Å². The van der Waals surface area contributed by atoms with Crippen molar-refractivity contribution >= 4 is 27.5 Å². The van der Waals surface area contributed by atoms with E-state index in [-0.39, 0.29) is 11.5 Å². The first kappa shape index (κ1) is 9.36. The Labute approximate surface area is 96.1 Å². The molecule has 0 atom stereocenters. The zero-order valence-electron chi connectivity index (χ0n) is 8.07. The molecule has 78 valence electrons. The Bertz CT molecular complexity index is 411. The van der Waals surface area contributed by atoms with Crippen molar-refractivity contribution in [1.82, 2.24) is 0 Å². The van der Waals surface area contributed by atoms with Gasteiger partial charge in [0, 0.05) is 4.47 Å². The van der Waals surface area contributed by atoms with Gasteiger partial charge in [-0.2, -0.15) is 5.06 Å². The summed E-state index contributed by atoms with van der Waals surface area (Å²) >= 11 is 3.36. The summed E-state index contributed by atoms with van der Waals surface area (Å²) in [5.41, 5.74) is 0.663. The first-order valence-corrected chi connectivity index (χ1v) is 5.76. The molecular weight excluding hydrogens is 258 g/mol. The van der Waals surface area contributed by atoms with Crippen molar-refractivity contribution in [3.8, 4) is 0 Å². The maximum atomic E-state index is 11.7. The topological polar surface area (TPSA) is 29.5 Å². The Kier molecular flexibility index (Phi) is 1.91. The predicted molar refractivity (Wildman–Crippen MR) is 59.3 cm³/mol. The van der Waals surface area contributed by atoms with E-state index in [1.165, 1.54) is 5.06 Å². The van der Waals surface area contributed by atoms with Crippen LogP contribution in [0.1, 0.15) is 19.3 Å². The molecule has 1 aromatic carbocycles. The monoisotopic (exact) mass is 267 g/mol. The number of amides is 1. The van der Waals surface area contributed by atoms with E-state index < -0.39 is 0 Å². The SMILES string of the molecule is O=C1CC2(CC2)ON1c1ccc(Br)cc1. The summed E-state index contributed by atoms with van der Waals surface area (Å²) in [6.07, 6.45) is 2.54. The van der Waals surface area contributed by atoms with Crippen molar-refractivity contribution in [2.75, 3.05) is 5.06 Å². The average molecular weight is 268 g/mol. The third-order valence-electron chi connectivity index (χ3n) is 2.85. The van der Waals surface area contributed by atoms with Crippen LogP contribution in [0, 0.1) is 0 Å². The lowest BCUT2D eigenvalue weighted by atomic mass is 10.2. The molecule has 1 saturated heterocycles. The van der Waals surface area contributed by atoms with Gasteiger partial charge in [-0.3, -0.25) is 9.63 Å². The molecular formula is C11H10BrNO2. The van der Waals surface area contributed by atoms with Crippen LogP contribution >= 0.6 is 15.9 Å². The Balaban J connectivity index is 1.88. The van der Waals surface area contributed by atoms with Crippen LogP contribution in [0.2, 0.25) is 0 Å². The highest BCUT2D eigenvalue weighted by atomic mass is 79.9. The molecule has 2 aliphatic rings. The molecule has 1 aliphatic heterocycles. The maximum Gasteiger partial charge on any atom is 0.253 e. The highest BCUT2D eigenvalue weighted by Crippen LogP contribution is 2.48. The van der Waals surface area contributed by atoms with Crippen LogP contribution in [-0.4, -0.2) is 11.5 Å². The minimum atomic E-state index is -0.149. The van der Waals surface area contributed by atoms with Crippen molar-refractivity contribution in [3.05, 3.63) is 28.7 Å². The second-order valence-corrected chi connectivity index (χ2v) is 5.03. The van der Waals surface area contributed by atoms with E-state index in [9.17, 15) is 4.79 Å². The summed E-state index contributed by atoms with van der Waals surface area (Å²) in [7, 11) is 0. The lowest BCUT2D eigenvalue weighted by Gasteiger charge is -2.15. The van der Waals surface area contributed by atoms with Gasteiger partial charge in [0.05, 0.1) is 12.1 Å². The normalized spacial score (nSPS) is 22.5. The number of halogens is 1. The molecule has 4 heteroatoms. The quantitative estimate of drug-likeness (QED) is 0.783. The van der Waals surface area contributed by atoms with Crippen LogP contribution in [0.25, 0.3) is 0 Å². The highest BCUT2D eigenvalue weighted by Gasteiger charge is 2.54. The number of carbonyl (C=O) groups is 1. The minimum Gasteiger partial charge on any atom is -0.272 e. The van der Waals surface area contributed by atoms with Crippen molar-refractivity contribution in [2.24, 2.45) is 0 Å². The Hall–Kier alpha value is -0.870. The largest absolute Gasteiger partial charge is 0.272 e. The molecule has 1 amide bonds. The molecule has 1 heterocycles. The molecule has 2 fully saturated rings. The van der Waals surface area contributed by atoms with Gasteiger partial charge in [-0.15, -0.1) is 0 Å². The number of hydroxylamine groups is 1. The fourth-order valence-electron chi connectivity index (χ4n) is 1.80. The fraction of sp³-hybridized carbons (Fsp3) is 0.364. The highest BCUT2D eigenvalue weighted by molar-refractivity contribution is 9.10. The molecule has 3 nitrogen and oxygen atoms in total. The van der Waals surface area contributed by atoms with E-state index >= 15 is 0 Å². The first-order valence-electron chi connectivity index (χ1n) is 4.96. The number of hydrogen-bond donors (Lipinski definition) is 0. The average Bonchev–Trinajstić information content (AvgIpc) is 2.87. The second kappa shape index (κ2) is 3.06. The van der Waals surface area contributed by atoms with Gasteiger partial charge in [0.15, 0.2) is 0 Å². The lowest BCUT2D eigenvalue weighted by Crippen LogP contribution is -2.23. The number of benzene rings is 1. The molecule has 0 bridgehead atoms. The standard InChI is InChI=1S/C11H10BrNO2/c12-8-1-3-9(4-2-8)13-10(14)7-11(15-13)5-6-11/h1-4H,5-7H2. The number of carbonyl (C=O) groups excluding carboxylic acids is 1. The van der Waals surface area contributed by atoms with Gasteiger partial charge in [-0.05, 0) is 37.1 Å². The van der Waals surface area contributed by atoms with Gasteiger partial charge >= 0.3 is 0 Å². The Morgan fingerprint density at radius 3 is 2.47 bits per heavy atom. The first-order chi connectivity index (χ1) is 7.19. The second-order valence-electron chi connectivity index (χ2n) is 4.12. The van der Waals surface area contributed by atoms with Crippen molar-refractivity contribution < 1.29 is 9.63 Å². The van der Waals surface area contributed by atoms with Gasteiger partial charge in [-0.1, -0.05) is 15.9 Å². The molecule has 0 radical (unpaired) electrons. The molecule has 0 N–H and O–H groups in total. The van der Waals surface area contributed by atoms with E-state index in [2.05, 4.69) is 15.9 Å². The zero-order valence-corrected chi connectivity index (χ0v) is 9.66. The summed E-state index contributed by atoms with van der Waals surface area (Å²) in [5.74, 6) is 0.0647. The van der Waals surface area contributed by atoms with Crippen LogP contribution < -0.4 is 5.06 Å². The van der Waals surface area contributed by atoms with Crippen molar-refractivity contribution in [3.63, 3.8) is 0 Å². The maximum absolute atomic E-state index is 11.7. The molecule has 1 spiro atoms. The number of anilines is 1. The zero-order chi connectivity index (χ0) is 10.5. The summed E-state index contributed by atoms with van der Waals surface area (Å²) in [6.45, 7) is 0. The fourth-order valence-corrected chi connectivity index (χ4v) is 2.07. The smallest absolute Gasteiger partial charge is 0.253 e. The summed E-state index contributed by atoms with van der Waals surface area (Å²) in [4.78, 5) is 17.4. The third kappa shape index (κ3) is 1.58. The van der Waals surface area contributed by atoms with Gasteiger partial charge in [0.2, 0.25) is 0 Å². The van der Waals surface area contributed by atoms with Crippen molar-refractivity contribution in [1.29, 1.82) is 0 Å². The Morgan fingerprint density at radius 2 is 1.93 bits per heavy atom. The van der Waals surface area contributed by atoms with Crippen LogP contribution in [0.5, 0.6) is 0 Å². The van der Waals surface area contributed by atoms with Gasteiger partial charge in [0.1, 0.15) is 5.60 Å². The van der Waals surface area contributed by atoms with Crippen LogP contribution in [0.4, 0.5) is 5.69 Å². The summed E-state index contributed by atoms with van der Waals surface area (Å²) in [6, 6.07) is 7.57. The van der Waals surface area contributed by atoms with E-state index in [1.807, 2.05) is 24.3 Å². The Morgan fingerprint density at radius 1 is 1.27 bits per heavy atom. The lowest BCUT2D eigenvalue weighted by molar-refractivity contribution is -0.119. The molecule has 0 aromatic heterocycles. The van der Waals surface area contributed by atoms with E-state index in [4.69, 9.17) is 4.84 Å². The predicted octanol–water partition coefficient (Wildman–Crippen LogP) is 2.65. The van der Waals surface area contributed by atoms with Crippen LogP contribution in [0.15, 0.2) is 28.7 Å². The number of rotatable bonds is 1. The van der Waals surface area contributed by atoms with E-state index in [0.29, 0.717) is 6.42 Å². The molecule has 1 aromatic rings. The van der Waals surface area contributed by atoms with Gasteiger partial charge in [0.25, 0.3) is 5.91 Å². The molecule has 0 unspecified atom stereocenters. The van der Waals surface area contributed by atoms with Crippen molar-refractivity contribution in [2.45, 2.75) is 24.9 Å². The summed E-state index contributed by atoms with van der Waals surface area (Å²) < 4.78 is 0.999. The minimum absolute atomic E-state index is 0.0647. The number of nitrogens with zero attached hydrogens (tertiary/aromatic N) is 1. The summed E-state index contributed by atoms with van der Waals surface area (Å²) in [5, 5.41) is 1.43. The van der Waals surface area contributed by atoms with E-state index in [0.717, 1.165) is 23.0 Å². The van der Waals surface area contributed by atoms with Gasteiger partial charge in [-0.25, -0.2) is 0 Å². The van der Waals surface area contributed by atoms with Crippen LogP contribution in [-0.2, 0) is 9.63 Å². The molecule has 15 heavy (non-hydrogen) atoms. The van der Waals surface area contributed by atoms with E-state index in [1.54, 1.807) is 0 Å². The van der Waals surface area contributed by atoms with Gasteiger partial charge < -0.3 is 0 Å². The third-order valence-corrected chi connectivity index (χ3v) is 3.38.